The normalized spacial score (nSPS) is 10.9. The third-order valence-corrected chi connectivity index (χ3v) is 3.94. The summed E-state index contributed by atoms with van der Waals surface area (Å²) in [5.41, 5.74) is 4.35. The first-order chi connectivity index (χ1) is 11.8. The van der Waals surface area contributed by atoms with Crippen LogP contribution < -0.4 is 0 Å². The third-order valence-electron chi connectivity index (χ3n) is 3.94. The number of pyridine rings is 1. The van der Waals surface area contributed by atoms with Crippen molar-refractivity contribution in [3.05, 3.63) is 89.9 Å². The fraction of sp³-hybridized carbons (Fsp3) is 0.0476. The average molecular weight is 348 g/mol. The molecule has 0 saturated heterocycles. The lowest BCUT2D eigenvalue weighted by Crippen LogP contribution is -2.00. The van der Waals surface area contributed by atoms with Gasteiger partial charge in [0, 0.05) is 6.20 Å². The van der Waals surface area contributed by atoms with E-state index in [1.165, 1.54) is 5.56 Å². The van der Waals surface area contributed by atoms with E-state index in [1.807, 2.05) is 54.7 Å². The Kier molecular flexibility index (Phi) is 4.96. The van der Waals surface area contributed by atoms with Crippen LogP contribution in [0.15, 0.2) is 72.9 Å². The van der Waals surface area contributed by atoms with E-state index in [9.17, 15) is 0 Å². The third kappa shape index (κ3) is 3.47. The molecule has 4 aromatic rings. The maximum Gasteiger partial charge on any atom is 0.139 e. The molecule has 2 aromatic heterocycles. The number of hydrogen-bond acceptors (Lipinski definition) is 2. The molecule has 0 N–H and O–H groups in total. The Hall–Kier alpha value is -2.91. The van der Waals surface area contributed by atoms with Crippen molar-refractivity contribution < 1.29 is 0 Å². The van der Waals surface area contributed by atoms with Crippen molar-refractivity contribution in [3.8, 4) is 5.82 Å². The molecule has 0 fully saturated rings. The van der Waals surface area contributed by atoms with Crippen LogP contribution in [0.4, 0.5) is 0 Å². The first kappa shape index (κ1) is 16.9. The number of aryl methyl sites for hydroxylation is 1. The maximum absolute atomic E-state index is 4.77. The Labute approximate surface area is 153 Å². The molecule has 0 radical (unpaired) electrons. The van der Waals surface area contributed by atoms with Crippen molar-refractivity contribution in [1.82, 2.24) is 14.5 Å². The quantitative estimate of drug-likeness (QED) is 0.502. The summed E-state index contributed by atoms with van der Waals surface area (Å²) < 4.78 is 2.10. The number of para-hydroxylation sites is 2. The molecule has 0 amide bonds. The van der Waals surface area contributed by atoms with Crippen LogP contribution in [0, 0.1) is 6.92 Å². The second-order valence-corrected chi connectivity index (χ2v) is 5.73. The molecule has 3 nitrogen and oxygen atoms in total. The monoisotopic (exact) mass is 347 g/mol. The van der Waals surface area contributed by atoms with E-state index in [4.69, 9.17) is 4.98 Å². The van der Waals surface area contributed by atoms with Crippen LogP contribution in [0.5, 0.6) is 0 Å². The summed E-state index contributed by atoms with van der Waals surface area (Å²) in [7, 11) is 0. The molecule has 4 heteroatoms. The van der Waals surface area contributed by atoms with Gasteiger partial charge in [-0.2, -0.15) is 0 Å². The minimum atomic E-state index is 0. The number of benzene rings is 2. The molecule has 2 heterocycles. The van der Waals surface area contributed by atoms with Crippen molar-refractivity contribution >= 4 is 35.6 Å². The first-order valence-electron chi connectivity index (χ1n) is 7.95. The number of fused-ring (bicyclic) bond motifs is 1. The van der Waals surface area contributed by atoms with Gasteiger partial charge >= 0.3 is 0 Å². The lowest BCUT2D eigenvalue weighted by molar-refractivity contribution is 1.000. The molecule has 2 aromatic carbocycles. The molecular weight excluding hydrogens is 330 g/mol. The standard InChI is InChI=1S/C21H17N3.ClH/c1-16-13-14-22-21(15-16)24-19-10-6-5-9-18(19)23-20(24)12-11-17-7-3-2-4-8-17;/h2-15H,1H3;1H. The summed E-state index contributed by atoms with van der Waals surface area (Å²) in [6, 6.07) is 22.5. The number of aromatic nitrogens is 3. The van der Waals surface area contributed by atoms with Gasteiger partial charge in [0.25, 0.3) is 0 Å². The Balaban J connectivity index is 0.00000182. The van der Waals surface area contributed by atoms with E-state index in [2.05, 4.69) is 46.8 Å². The molecule has 0 atom stereocenters. The molecule has 0 bridgehead atoms. The summed E-state index contributed by atoms with van der Waals surface area (Å²) in [5, 5.41) is 0. The lowest BCUT2D eigenvalue weighted by atomic mass is 10.2. The van der Waals surface area contributed by atoms with Crippen LogP contribution in [0.3, 0.4) is 0 Å². The molecule has 0 aliphatic carbocycles. The van der Waals surface area contributed by atoms with Gasteiger partial charge < -0.3 is 0 Å². The number of imidazole rings is 1. The zero-order valence-corrected chi connectivity index (χ0v) is 14.6. The van der Waals surface area contributed by atoms with Crippen LogP contribution >= 0.6 is 12.4 Å². The van der Waals surface area contributed by atoms with Gasteiger partial charge in [-0.25, -0.2) is 9.97 Å². The van der Waals surface area contributed by atoms with E-state index in [0.29, 0.717) is 0 Å². The minimum Gasteiger partial charge on any atom is -0.277 e. The Morgan fingerprint density at radius 2 is 1.64 bits per heavy atom. The minimum absolute atomic E-state index is 0. The Morgan fingerprint density at radius 3 is 2.44 bits per heavy atom. The van der Waals surface area contributed by atoms with Crippen molar-refractivity contribution in [1.29, 1.82) is 0 Å². The average Bonchev–Trinajstić information content (AvgIpc) is 2.99. The smallest absolute Gasteiger partial charge is 0.139 e. The summed E-state index contributed by atoms with van der Waals surface area (Å²) in [6.45, 7) is 2.07. The highest BCUT2D eigenvalue weighted by Crippen LogP contribution is 2.22. The highest BCUT2D eigenvalue weighted by Gasteiger charge is 2.11. The van der Waals surface area contributed by atoms with Gasteiger partial charge in [-0.3, -0.25) is 4.57 Å². The van der Waals surface area contributed by atoms with Crippen LogP contribution in [0.2, 0.25) is 0 Å². The predicted octanol–water partition coefficient (Wildman–Crippen LogP) is 5.32. The molecular formula is C21H18ClN3. The van der Waals surface area contributed by atoms with Gasteiger partial charge in [-0.15, -0.1) is 12.4 Å². The van der Waals surface area contributed by atoms with Gasteiger partial charge in [-0.1, -0.05) is 48.5 Å². The zero-order chi connectivity index (χ0) is 16.4. The summed E-state index contributed by atoms with van der Waals surface area (Å²) >= 11 is 0. The topological polar surface area (TPSA) is 30.7 Å². The predicted molar refractivity (Wildman–Crippen MR) is 106 cm³/mol. The van der Waals surface area contributed by atoms with Gasteiger partial charge in [0.2, 0.25) is 0 Å². The number of halogens is 1. The second-order valence-electron chi connectivity index (χ2n) is 5.73. The second kappa shape index (κ2) is 7.32. The first-order valence-corrected chi connectivity index (χ1v) is 7.95. The zero-order valence-electron chi connectivity index (χ0n) is 13.8. The van der Waals surface area contributed by atoms with Crippen LogP contribution in [0.25, 0.3) is 29.0 Å². The van der Waals surface area contributed by atoms with Gasteiger partial charge in [0.05, 0.1) is 11.0 Å². The number of hydrogen-bond donors (Lipinski definition) is 0. The summed E-state index contributed by atoms with van der Waals surface area (Å²) in [4.78, 5) is 9.31. The van der Waals surface area contributed by atoms with Crippen LogP contribution in [-0.2, 0) is 0 Å². The molecule has 25 heavy (non-hydrogen) atoms. The van der Waals surface area contributed by atoms with Crippen molar-refractivity contribution in [3.63, 3.8) is 0 Å². The molecule has 0 aliphatic heterocycles. The molecule has 0 saturated carbocycles. The maximum atomic E-state index is 4.77. The van der Waals surface area contributed by atoms with Crippen molar-refractivity contribution in [2.24, 2.45) is 0 Å². The van der Waals surface area contributed by atoms with E-state index < -0.39 is 0 Å². The molecule has 0 spiro atoms. The summed E-state index contributed by atoms with van der Waals surface area (Å²) in [6.07, 6.45) is 5.96. The number of nitrogens with zero attached hydrogens (tertiary/aromatic N) is 3. The fourth-order valence-corrected chi connectivity index (χ4v) is 2.77. The van der Waals surface area contributed by atoms with E-state index in [-0.39, 0.29) is 12.4 Å². The van der Waals surface area contributed by atoms with Crippen LogP contribution in [0.1, 0.15) is 17.0 Å². The molecule has 124 valence electrons. The van der Waals surface area contributed by atoms with Gasteiger partial charge in [0.15, 0.2) is 0 Å². The Bertz CT molecular complexity index is 1020. The van der Waals surface area contributed by atoms with Gasteiger partial charge in [-0.05, 0) is 48.4 Å². The molecule has 0 unspecified atom stereocenters. The summed E-state index contributed by atoms with van der Waals surface area (Å²) in [5.74, 6) is 1.76. The highest BCUT2D eigenvalue weighted by atomic mass is 35.5. The molecule has 0 aliphatic rings. The van der Waals surface area contributed by atoms with Crippen LogP contribution in [-0.4, -0.2) is 14.5 Å². The van der Waals surface area contributed by atoms with Crippen molar-refractivity contribution in [2.75, 3.05) is 0 Å². The van der Waals surface area contributed by atoms with E-state index in [1.54, 1.807) is 0 Å². The van der Waals surface area contributed by atoms with E-state index in [0.717, 1.165) is 28.2 Å². The van der Waals surface area contributed by atoms with E-state index >= 15 is 0 Å². The highest BCUT2D eigenvalue weighted by molar-refractivity contribution is 5.85. The Morgan fingerprint density at radius 1 is 0.880 bits per heavy atom. The SMILES string of the molecule is Cc1ccnc(-n2c(C=Cc3ccccc3)nc3ccccc32)c1.Cl. The van der Waals surface area contributed by atoms with Crippen molar-refractivity contribution in [2.45, 2.75) is 6.92 Å². The lowest BCUT2D eigenvalue weighted by Gasteiger charge is -2.06. The largest absolute Gasteiger partial charge is 0.277 e. The van der Waals surface area contributed by atoms with Gasteiger partial charge in [0.1, 0.15) is 11.6 Å². The number of rotatable bonds is 3. The fourth-order valence-electron chi connectivity index (χ4n) is 2.77. The molecule has 4 rings (SSSR count).